The van der Waals surface area contributed by atoms with Gasteiger partial charge in [-0.25, -0.2) is 0 Å². The van der Waals surface area contributed by atoms with E-state index in [1.54, 1.807) is 6.08 Å². The lowest BCUT2D eigenvalue weighted by Gasteiger charge is -2.40. The Labute approximate surface area is 466 Å². The van der Waals surface area contributed by atoms with Crippen molar-refractivity contribution in [1.82, 2.24) is 5.32 Å². The van der Waals surface area contributed by atoms with E-state index in [0.29, 0.717) is 19.4 Å². The molecule has 444 valence electrons. The highest BCUT2D eigenvalue weighted by Crippen LogP contribution is 2.23. The molecule has 0 aromatic carbocycles. The van der Waals surface area contributed by atoms with Crippen LogP contribution in [-0.2, 0) is 23.8 Å². The summed E-state index contributed by atoms with van der Waals surface area (Å²) >= 11 is 0. The number of nitrogens with one attached hydrogen (secondary N) is 1. The molecule has 0 aliphatic carbocycles. The van der Waals surface area contributed by atoms with E-state index in [2.05, 4.69) is 55.6 Å². The molecule has 1 amide bonds. The molecule has 1 rings (SSSR count). The number of aliphatic hydroxyl groups excluding tert-OH is 5. The fourth-order valence-corrected chi connectivity index (χ4v) is 9.81. The van der Waals surface area contributed by atoms with Crippen molar-refractivity contribution in [3.63, 3.8) is 0 Å². The number of hydrogen-bond acceptors (Lipinski definition) is 10. The molecule has 1 fully saturated rings. The van der Waals surface area contributed by atoms with Gasteiger partial charge in [-0.05, 0) is 89.9 Å². The minimum absolute atomic E-state index is 0.0106. The van der Waals surface area contributed by atoms with Crippen LogP contribution in [0.25, 0.3) is 0 Å². The number of rotatable bonds is 55. The van der Waals surface area contributed by atoms with Crippen molar-refractivity contribution < 1.29 is 49.3 Å². The Morgan fingerprint density at radius 2 is 0.882 bits per heavy atom. The lowest BCUT2D eigenvalue weighted by atomic mass is 9.99. The van der Waals surface area contributed by atoms with Crippen LogP contribution in [0, 0.1) is 0 Å². The number of carbonyl (C=O) groups is 2. The first kappa shape index (κ1) is 71.6. The molecular formula is C65H119NO10. The summed E-state index contributed by atoms with van der Waals surface area (Å²) in [7, 11) is 0. The third-order valence-electron chi connectivity index (χ3n) is 14.9. The Kier molecular flexibility index (Phi) is 51.4. The highest BCUT2D eigenvalue weighted by atomic mass is 16.7. The lowest BCUT2D eigenvalue weighted by Crippen LogP contribution is -2.60. The van der Waals surface area contributed by atoms with Crippen LogP contribution < -0.4 is 5.32 Å². The quantitative estimate of drug-likeness (QED) is 0.0195. The Balaban J connectivity index is 1.99. The third kappa shape index (κ3) is 43.5. The van der Waals surface area contributed by atoms with Crippen LogP contribution in [0.2, 0.25) is 0 Å². The minimum Gasteiger partial charge on any atom is -0.466 e. The number of esters is 1. The number of unbranched alkanes of at least 4 members (excludes halogenated alkanes) is 35. The molecule has 0 spiro atoms. The second kappa shape index (κ2) is 54.6. The van der Waals surface area contributed by atoms with Crippen molar-refractivity contribution in [3.05, 3.63) is 48.6 Å². The Morgan fingerprint density at radius 1 is 0.487 bits per heavy atom. The van der Waals surface area contributed by atoms with Gasteiger partial charge in [0.1, 0.15) is 24.4 Å². The van der Waals surface area contributed by atoms with E-state index in [4.69, 9.17) is 14.2 Å². The minimum atomic E-state index is -1.57. The Bertz CT molecular complexity index is 1400. The number of carbonyl (C=O) groups excluding carboxylic acids is 2. The summed E-state index contributed by atoms with van der Waals surface area (Å²) in [4.78, 5) is 25.0. The molecule has 0 saturated carbocycles. The number of allylic oxidation sites excluding steroid dienone is 7. The number of aliphatic hydroxyl groups is 5. The normalized spacial score (nSPS) is 19.0. The van der Waals surface area contributed by atoms with Gasteiger partial charge in [0.25, 0.3) is 0 Å². The van der Waals surface area contributed by atoms with Crippen molar-refractivity contribution >= 4 is 11.9 Å². The second-order valence-electron chi connectivity index (χ2n) is 22.1. The zero-order valence-corrected chi connectivity index (χ0v) is 49.0. The van der Waals surface area contributed by atoms with Crippen LogP contribution in [0.3, 0.4) is 0 Å². The summed E-state index contributed by atoms with van der Waals surface area (Å²) in [5.41, 5.74) is 0. The first-order valence-corrected chi connectivity index (χ1v) is 31.9. The van der Waals surface area contributed by atoms with Crippen molar-refractivity contribution in [2.24, 2.45) is 0 Å². The SMILES string of the molecule is CCCCCCC/C=C\CCCCCCCC(=O)OCCCCCCCCCCC/C=C\C/C=C\CCCCCCCCCCCC(=O)NC(COC1OC(CO)C(O)C(O)C1O)C(O)/C=C/CCCCCCCCC. The molecular weight excluding hydrogens is 955 g/mol. The van der Waals surface area contributed by atoms with E-state index in [0.717, 1.165) is 83.5 Å². The van der Waals surface area contributed by atoms with Crippen molar-refractivity contribution in [2.45, 2.75) is 333 Å². The molecule has 76 heavy (non-hydrogen) atoms. The molecule has 7 unspecified atom stereocenters. The average molecular weight is 1070 g/mol. The first-order valence-electron chi connectivity index (χ1n) is 31.9. The summed E-state index contributed by atoms with van der Waals surface area (Å²) in [6.07, 6.45) is 59.4. The predicted octanol–water partition coefficient (Wildman–Crippen LogP) is 15.2. The molecule has 1 saturated heterocycles. The molecule has 0 aromatic heterocycles. The molecule has 0 radical (unpaired) electrons. The second-order valence-corrected chi connectivity index (χ2v) is 22.1. The van der Waals surface area contributed by atoms with E-state index in [1.165, 1.54) is 180 Å². The van der Waals surface area contributed by atoms with E-state index in [1.807, 2.05) is 6.08 Å². The number of hydrogen-bond donors (Lipinski definition) is 6. The van der Waals surface area contributed by atoms with Gasteiger partial charge in [0, 0.05) is 12.8 Å². The maximum Gasteiger partial charge on any atom is 0.305 e. The standard InChI is InChI=1S/C65H119NO10/c1-3-5-7-9-11-13-14-15-30-33-37-41-45-49-53-61(70)74-54-50-46-42-38-34-31-28-26-24-22-20-18-16-17-19-21-23-25-27-29-32-36-40-44-48-52-60(69)66-57(58(68)51-47-43-39-35-12-10-8-6-4-2)56-75-65-64(73)63(72)62(71)59(55-67)76-65/h14-15,17-20,47,51,57-59,62-65,67-68,71-73H,3-13,16,21-46,48-50,52-56H2,1-2H3,(H,66,69)/b15-14-,19-17-,20-18-,51-47+. The number of ether oxygens (including phenoxy) is 3. The maximum atomic E-state index is 13.0. The molecule has 1 aliphatic rings. The van der Waals surface area contributed by atoms with Crippen LogP contribution in [0.4, 0.5) is 0 Å². The summed E-state index contributed by atoms with van der Waals surface area (Å²) < 4.78 is 16.7. The van der Waals surface area contributed by atoms with E-state index >= 15 is 0 Å². The molecule has 7 atom stereocenters. The predicted molar refractivity (Wildman–Crippen MR) is 315 cm³/mol. The van der Waals surface area contributed by atoms with Gasteiger partial charge >= 0.3 is 5.97 Å². The fourth-order valence-electron chi connectivity index (χ4n) is 9.81. The number of amides is 1. The Hall–Kier alpha value is -2.38. The molecule has 6 N–H and O–H groups in total. The van der Waals surface area contributed by atoms with Gasteiger partial charge in [0.15, 0.2) is 6.29 Å². The fraction of sp³-hybridized carbons (Fsp3) is 0.846. The van der Waals surface area contributed by atoms with Gasteiger partial charge in [-0.2, -0.15) is 0 Å². The summed E-state index contributed by atoms with van der Waals surface area (Å²) in [6.45, 7) is 4.30. The zero-order chi connectivity index (χ0) is 55.2. The maximum absolute atomic E-state index is 13.0. The van der Waals surface area contributed by atoms with Gasteiger partial charge in [0.2, 0.25) is 5.91 Å². The first-order chi connectivity index (χ1) is 37.2. The highest BCUT2D eigenvalue weighted by Gasteiger charge is 2.44. The zero-order valence-electron chi connectivity index (χ0n) is 49.0. The van der Waals surface area contributed by atoms with Crippen LogP contribution >= 0.6 is 0 Å². The van der Waals surface area contributed by atoms with Gasteiger partial charge < -0.3 is 45.1 Å². The summed E-state index contributed by atoms with van der Waals surface area (Å²) in [5.74, 6) is -0.201. The van der Waals surface area contributed by atoms with Crippen molar-refractivity contribution in [1.29, 1.82) is 0 Å². The van der Waals surface area contributed by atoms with E-state index < -0.39 is 49.5 Å². The van der Waals surface area contributed by atoms with Gasteiger partial charge in [-0.15, -0.1) is 0 Å². The van der Waals surface area contributed by atoms with Gasteiger partial charge in [0.05, 0.1) is 32.0 Å². The largest absolute Gasteiger partial charge is 0.466 e. The molecule has 0 aromatic rings. The van der Waals surface area contributed by atoms with E-state index in [9.17, 15) is 35.1 Å². The smallest absolute Gasteiger partial charge is 0.305 e. The van der Waals surface area contributed by atoms with Crippen molar-refractivity contribution in [3.8, 4) is 0 Å². The van der Waals surface area contributed by atoms with Crippen LogP contribution in [0.1, 0.15) is 290 Å². The topological polar surface area (TPSA) is 175 Å². The van der Waals surface area contributed by atoms with Gasteiger partial charge in [-0.1, -0.05) is 236 Å². The lowest BCUT2D eigenvalue weighted by molar-refractivity contribution is -0.302. The van der Waals surface area contributed by atoms with Gasteiger partial charge in [-0.3, -0.25) is 9.59 Å². The summed E-state index contributed by atoms with van der Waals surface area (Å²) in [6, 6.07) is -0.814. The molecule has 1 aliphatic heterocycles. The van der Waals surface area contributed by atoms with Crippen LogP contribution in [-0.4, -0.2) is 100 Å². The molecule has 11 heteroatoms. The molecule has 11 nitrogen and oxygen atoms in total. The highest BCUT2D eigenvalue weighted by molar-refractivity contribution is 5.76. The van der Waals surface area contributed by atoms with E-state index in [-0.39, 0.29) is 18.5 Å². The Morgan fingerprint density at radius 3 is 1.34 bits per heavy atom. The third-order valence-corrected chi connectivity index (χ3v) is 14.9. The molecule has 0 bridgehead atoms. The average Bonchev–Trinajstić information content (AvgIpc) is 3.42. The summed E-state index contributed by atoms with van der Waals surface area (Å²) in [5, 5.41) is 54.2. The molecule has 1 heterocycles. The van der Waals surface area contributed by atoms with Crippen molar-refractivity contribution in [2.75, 3.05) is 19.8 Å². The monoisotopic (exact) mass is 1070 g/mol. The van der Waals surface area contributed by atoms with Crippen LogP contribution in [0.15, 0.2) is 48.6 Å². The van der Waals surface area contributed by atoms with Crippen LogP contribution in [0.5, 0.6) is 0 Å².